The van der Waals surface area contributed by atoms with E-state index in [0.717, 1.165) is 58.8 Å². The lowest BCUT2D eigenvalue weighted by Crippen LogP contribution is -2.44. The van der Waals surface area contributed by atoms with Crippen molar-refractivity contribution in [3.8, 4) is 5.75 Å². The molecule has 0 spiro atoms. The number of piperazine rings is 1. The first-order chi connectivity index (χ1) is 13.4. The molecular formula is C22H28BrN3O2. The molecule has 0 saturated carbocycles. The standard InChI is InChI=1S/C22H28BrN3O2/c1-15-5-7-18(26-11-9-25(3)10-12-26)14-19(15)22(27)24-16(2)17-6-8-21(28-4)20(23)13-17/h5-8,13-14,16H,9-12H2,1-4H3,(H,24,27)/t16-/m1/s1. The van der Waals surface area contributed by atoms with Gasteiger partial charge in [0.1, 0.15) is 5.75 Å². The summed E-state index contributed by atoms with van der Waals surface area (Å²) < 4.78 is 6.16. The van der Waals surface area contributed by atoms with Gasteiger partial charge < -0.3 is 19.9 Å². The molecule has 6 heteroatoms. The molecule has 0 aromatic heterocycles. The van der Waals surface area contributed by atoms with Crippen LogP contribution in [0.5, 0.6) is 5.75 Å². The number of halogens is 1. The quantitative estimate of drug-likeness (QED) is 0.754. The zero-order chi connectivity index (χ0) is 20.3. The number of benzene rings is 2. The number of nitrogens with one attached hydrogen (secondary N) is 1. The molecule has 28 heavy (non-hydrogen) atoms. The van der Waals surface area contributed by atoms with Crippen molar-refractivity contribution in [2.45, 2.75) is 19.9 Å². The van der Waals surface area contributed by atoms with E-state index in [0.29, 0.717) is 0 Å². The van der Waals surface area contributed by atoms with Crippen molar-refractivity contribution in [2.24, 2.45) is 0 Å². The van der Waals surface area contributed by atoms with Gasteiger partial charge in [0, 0.05) is 37.4 Å². The van der Waals surface area contributed by atoms with Crippen LogP contribution in [0.4, 0.5) is 5.69 Å². The number of aryl methyl sites for hydroxylation is 1. The van der Waals surface area contributed by atoms with Crippen molar-refractivity contribution in [3.63, 3.8) is 0 Å². The topological polar surface area (TPSA) is 44.8 Å². The van der Waals surface area contributed by atoms with Gasteiger partial charge in [0.15, 0.2) is 0 Å². The lowest BCUT2D eigenvalue weighted by atomic mass is 10.0. The molecule has 150 valence electrons. The lowest BCUT2D eigenvalue weighted by Gasteiger charge is -2.34. The van der Waals surface area contributed by atoms with E-state index in [-0.39, 0.29) is 11.9 Å². The van der Waals surface area contributed by atoms with Gasteiger partial charge >= 0.3 is 0 Å². The summed E-state index contributed by atoms with van der Waals surface area (Å²) in [4.78, 5) is 17.6. The smallest absolute Gasteiger partial charge is 0.252 e. The number of likely N-dealkylation sites (N-methyl/N-ethyl adjacent to an activating group) is 1. The largest absolute Gasteiger partial charge is 0.496 e. The van der Waals surface area contributed by atoms with Crippen LogP contribution in [0.2, 0.25) is 0 Å². The van der Waals surface area contributed by atoms with E-state index in [1.165, 1.54) is 0 Å². The number of hydrogen-bond acceptors (Lipinski definition) is 4. The number of nitrogens with zero attached hydrogens (tertiary/aromatic N) is 2. The van der Waals surface area contributed by atoms with Crippen molar-refractivity contribution < 1.29 is 9.53 Å². The molecular weight excluding hydrogens is 418 g/mol. The summed E-state index contributed by atoms with van der Waals surface area (Å²) in [6, 6.07) is 11.9. The van der Waals surface area contributed by atoms with E-state index in [2.05, 4.69) is 44.2 Å². The van der Waals surface area contributed by atoms with Crippen molar-refractivity contribution in [1.29, 1.82) is 0 Å². The van der Waals surface area contributed by atoms with E-state index in [1.807, 2.05) is 44.2 Å². The molecule has 0 radical (unpaired) electrons. The lowest BCUT2D eigenvalue weighted by molar-refractivity contribution is 0.0939. The van der Waals surface area contributed by atoms with Crippen molar-refractivity contribution in [2.75, 3.05) is 45.2 Å². The highest BCUT2D eigenvalue weighted by Gasteiger charge is 2.18. The predicted octanol–water partition coefficient (Wildman–Crippen LogP) is 4.01. The highest BCUT2D eigenvalue weighted by molar-refractivity contribution is 9.10. The molecule has 1 atom stereocenters. The highest BCUT2D eigenvalue weighted by atomic mass is 79.9. The Morgan fingerprint density at radius 1 is 1.14 bits per heavy atom. The SMILES string of the molecule is COc1ccc([C@@H](C)NC(=O)c2cc(N3CCN(C)CC3)ccc2C)cc1Br. The van der Waals surface area contributed by atoms with Crippen molar-refractivity contribution >= 4 is 27.5 Å². The minimum absolute atomic E-state index is 0.0482. The third-order valence-electron chi connectivity index (χ3n) is 5.36. The first kappa shape index (κ1) is 20.7. The van der Waals surface area contributed by atoms with Crippen LogP contribution < -0.4 is 15.0 Å². The van der Waals surface area contributed by atoms with Gasteiger partial charge in [-0.15, -0.1) is 0 Å². The van der Waals surface area contributed by atoms with Gasteiger partial charge in [0.05, 0.1) is 17.6 Å². The zero-order valence-electron chi connectivity index (χ0n) is 17.0. The Hall–Kier alpha value is -2.05. The maximum absolute atomic E-state index is 13.0. The molecule has 1 aliphatic rings. The van der Waals surface area contributed by atoms with E-state index < -0.39 is 0 Å². The van der Waals surface area contributed by atoms with Crippen molar-refractivity contribution in [1.82, 2.24) is 10.2 Å². The number of ether oxygens (including phenoxy) is 1. The molecule has 1 heterocycles. The molecule has 0 bridgehead atoms. The Morgan fingerprint density at radius 3 is 2.50 bits per heavy atom. The summed E-state index contributed by atoms with van der Waals surface area (Å²) in [6.07, 6.45) is 0. The predicted molar refractivity (Wildman–Crippen MR) is 117 cm³/mol. The average Bonchev–Trinajstić information content (AvgIpc) is 2.68. The zero-order valence-corrected chi connectivity index (χ0v) is 18.5. The summed E-state index contributed by atoms with van der Waals surface area (Å²) in [7, 11) is 3.78. The van der Waals surface area contributed by atoms with Gasteiger partial charge in [-0.25, -0.2) is 0 Å². The number of anilines is 1. The molecule has 3 rings (SSSR count). The summed E-state index contributed by atoms with van der Waals surface area (Å²) >= 11 is 3.51. The first-order valence-corrected chi connectivity index (χ1v) is 10.4. The third-order valence-corrected chi connectivity index (χ3v) is 5.98. The molecule has 5 nitrogen and oxygen atoms in total. The molecule has 0 aliphatic carbocycles. The number of carbonyl (C=O) groups is 1. The fraction of sp³-hybridized carbons (Fsp3) is 0.409. The molecule has 2 aromatic rings. The monoisotopic (exact) mass is 445 g/mol. The summed E-state index contributed by atoms with van der Waals surface area (Å²) in [5.41, 5.74) is 3.85. The second-order valence-electron chi connectivity index (χ2n) is 7.38. The van der Waals surface area contributed by atoms with Crippen LogP contribution in [0.25, 0.3) is 0 Å². The Labute approximate surface area is 175 Å². The number of hydrogen-bond donors (Lipinski definition) is 1. The molecule has 1 N–H and O–H groups in total. The fourth-order valence-electron chi connectivity index (χ4n) is 3.43. The van der Waals surface area contributed by atoms with Gasteiger partial charge in [-0.05, 0) is 72.2 Å². The maximum atomic E-state index is 13.0. The summed E-state index contributed by atoms with van der Waals surface area (Å²) in [6.45, 7) is 8.02. The number of rotatable bonds is 5. The number of amides is 1. The third kappa shape index (κ3) is 4.67. The molecule has 1 saturated heterocycles. The van der Waals surface area contributed by atoms with Crippen LogP contribution in [0.1, 0.15) is 34.5 Å². The van der Waals surface area contributed by atoms with Crippen LogP contribution in [-0.2, 0) is 0 Å². The Balaban J connectivity index is 1.74. The Morgan fingerprint density at radius 2 is 1.86 bits per heavy atom. The minimum atomic E-state index is -0.110. The Kier molecular flexibility index (Phi) is 6.62. The van der Waals surface area contributed by atoms with Crippen molar-refractivity contribution in [3.05, 3.63) is 57.6 Å². The van der Waals surface area contributed by atoms with Crippen LogP contribution in [0, 0.1) is 6.92 Å². The first-order valence-electron chi connectivity index (χ1n) is 9.57. The van der Waals surface area contributed by atoms with Gasteiger partial charge in [-0.3, -0.25) is 4.79 Å². The van der Waals surface area contributed by atoms with E-state index >= 15 is 0 Å². The summed E-state index contributed by atoms with van der Waals surface area (Å²) in [5, 5.41) is 3.13. The van der Waals surface area contributed by atoms with Gasteiger partial charge in [-0.1, -0.05) is 12.1 Å². The fourth-order valence-corrected chi connectivity index (χ4v) is 3.98. The average molecular weight is 446 g/mol. The number of methoxy groups -OCH3 is 1. The van der Waals surface area contributed by atoms with Gasteiger partial charge in [0.25, 0.3) is 5.91 Å². The highest BCUT2D eigenvalue weighted by Crippen LogP contribution is 2.28. The van der Waals surface area contributed by atoms with E-state index in [9.17, 15) is 4.79 Å². The second-order valence-corrected chi connectivity index (χ2v) is 8.23. The van der Waals surface area contributed by atoms with Gasteiger partial charge in [0.2, 0.25) is 0 Å². The normalized spacial score (nSPS) is 16.0. The second kappa shape index (κ2) is 8.97. The van der Waals surface area contributed by atoms with Crippen LogP contribution >= 0.6 is 15.9 Å². The Bertz CT molecular complexity index is 848. The minimum Gasteiger partial charge on any atom is -0.496 e. The maximum Gasteiger partial charge on any atom is 0.252 e. The summed E-state index contributed by atoms with van der Waals surface area (Å²) in [5.74, 6) is 0.728. The van der Waals surface area contributed by atoms with Crippen LogP contribution in [0.3, 0.4) is 0 Å². The van der Waals surface area contributed by atoms with E-state index in [1.54, 1.807) is 7.11 Å². The molecule has 0 unspecified atom stereocenters. The molecule has 2 aromatic carbocycles. The molecule has 1 fully saturated rings. The van der Waals surface area contributed by atoms with Gasteiger partial charge in [-0.2, -0.15) is 0 Å². The molecule has 1 amide bonds. The van der Waals surface area contributed by atoms with E-state index in [4.69, 9.17) is 4.74 Å². The van der Waals surface area contributed by atoms with Crippen LogP contribution in [0.15, 0.2) is 40.9 Å². The van der Waals surface area contributed by atoms with Crippen LogP contribution in [-0.4, -0.2) is 51.1 Å². The molecule has 1 aliphatic heterocycles. The number of carbonyl (C=O) groups excluding carboxylic acids is 1.